The number of azo groups is 1. The molecule has 0 aromatic heterocycles. The standard InChI is InChI=1S/C8H9N3O2/c1-4-3-5(13-2)6-7(9-4)10-11-8(6)12/h3,7,9H,1-2H3. The number of hydrogen-bond donors (Lipinski definition) is 1. The van der Waals surface area contributed by atoms with E-state index >= 15 is 0 Å². The van der Waals surface area contributed by atoms with Crippen LogP contribution in [0.1, 0.15) is 6.92 Å². The summed E-state index contributed by atoms with van der Waals surface area (Å²) in [7, 11) is 1.53. The van der Waals surface area contributed by atoms with Gasteiger partial charge in [0, 0.05) is 5.70 Å². The number of methoxy groups -OCH3 is 1. The third kappa shape index (κ3) is 1.12. The van der Waals surface area contributed by atoms with Gasteiger partial charge in [0.15, 0.2) is 6.17 Å². The molecule has 0 radical (unpaired) electrons. The Balaban J connectivity index is 2.48. The second-order valence-electron chi connectivity index (χ2n) is 2.88. The zero-order valence-electron chi connectivity index (χ0n) is 7.37. The molecule has 0 fully saturated rings. The monoisotopic (exact) mass is 179 g/mol. The SMILES string of the molecule is COC1=C2C(=O)N=NC2NC(C)=C1. The number of carbonyl (C=O) groups is 1. The van der Waals surface area contributed by atoms with Crippen molar-refractivity contribution in [2.75, 3.05) is 7.11 Å². The Bertz CT molecular complexity index is 354. The van der Waals surface area contributed by atoms with Gasteiger partial charge < -0.3 is 10.1 Å². The van der Waals surface area contributed by atoms with Crippen LogP contribution in [0.4, 0.5) is 0 Å². The molecule has 1 unspecified atom stereocenters. The lowest BCUT2D eigenvalue weighted by Crippen LogP contribution is -2.31. The summed E-state index contributed by atoms with van der Waals surface area (Å²) in [6, 6.07) is 0. The van der Waals surface area contributed by atoms with Crippen molar-refractivity contribution in [1.82, 2.24) is 5.32 Å². The molecule has 13 heavy (non-hydrogen) atoms. The second kappa shape index (κ2) is 2.69. The maximum absolute atomic E-state index is 11.2. The lowest BCUT2D eigenvalue weighted by molar-refractivity contribution is -0.114. The average Bonchev–Trinajstić information content (AvgIpc) is 2.46. The number of nitrogens with zero attached hydrogens (tertiary/aromatic N) is 2. The highest BCUT2D eigenvalue weighted by Crippen LogP contribution is 2.25. The minimum Gasteiger partial charge on any atom is -0.496 e. The maximum Gasteiger partial charge on any atom is 0.298 e. The molecular weight excluding hydrogens is 170 g/mol. The van der Waals surface area contributed by atoms with Crippen molar-refractivity contribution in [3.8, 4) is 0 Å². The molecule has 5 nitrogen and oxygen atoms in total. The molecular formula is C8H9N3O2. The van der Waals surface area contributed by atoms with E-state index < -0.39 is 0 Å². The molecule has 68 valence electrons. The van der Waals surface area contributed by atoms with E-state index in [1.165, 1.54) is 7.11 Å². The molecule has 0 aromatic carbocycles. The minimum absolute atomic E-state index is 0.321. The Kier molecular flexibility index (Phi) is 1.65. The van der Waals surface area contributed by atoms with Gasteiger partial charge in [-0.2, -0.15) is 5.11 Å². The first kappa shape index (κ1) is 7.97. The second-order valence-corrected chi connectivity index (χ2v) is 2.88. The van der Waals surface area contributed by atoms with Crippen LogP contribution in [0.3, 0.4) is 0 Å². The lowest BCUT2D eigenvalue weighted by atomic mass is 10.1. The van der Waals surface area contributed by atoms with Gasteiger partial charge in [0.1, 0.15) is 11.3 Å². The lowest BCUT2D eigenvalue weighted by Gasteiger charge is -2.19. The smallest absolute Gasteiger partial charge is 0.298 e. The number of ether oxygens (including phenoxy) is 1. The zero-order chi connectivity index (χ0) is 9.42. The van der Waals surface area contributed by atoms with Gasteiger partial charge in [0.05, 0.1) is 7.11 Å². The summed E-state index contributed by atoms with van der Waals surface area (Å²) >= 11 is 0. The number of rotatable bonds is 1. The summed E-state index contributed by atoms with van der Waals surface area (Å²) in [5, 5.41) is 10.3. The molecule has 0 saturated heterocycles. The molecule has 0 aromatic rings. The Labute approximate surface area is 75.2 Å². The molecule has 2 rings (SSSR count). The quantitative estimate of drug-likeness (QED) is 0.644. The van der Waals surface area contributed by atoms with Crippen molar-refractivity contribution in [3.05, 3.63) is 23.1 Å². The van der Waals surface area contributed by atoms with Gasteiger partial charge in [-0.1, -0.05) is 0 Å². The van der Waals surface area contributed by atoms with Crippen LogP contribution < -0.4 is 5.32 Å². The molecule has 0 aliphatic carbocycles. The van der Waals surface area contributed by atoms with E-state index in [0.717, 1.165) is 5.70 Å². The number of amides is 1. The van der Waals surface area contributed by atoms with Gasteiger partial charge in [0.25, 0.3) is 5.91 Å². The summed E-state index contributed by atoms with van der Waals surface area (Å²) < 4.78 is 5.07. The highest BCUT2D eigenvalue weighted by Gasteiger charge is 2.32. The van der Waals surface area contributed by atoms with Crippen LogP contribution in [-0.4, -0.2) is 19.2 Å². The van der Waals surface area contributed by atoms with Crippen molar-refractivity contribution in [1.29, 1.82) is 0 Å². The van der Waals surface area contributed by atoms with E-state index in [1.807, 2.05) is 6.92 Å². The number of allylic oxidation sites excluding steroid dienone is 2. The third-order valence-electron chi connectivity index (χ3n) is 1.97. The Morgan fingerprint density at radius 3 is 3.08 bits per heavy atom. The van der Waals surface area contributed by atoms with E-state index in [2.05, 4.69) is 15.5 Å². The minimum atomic E-state index is -0.354. The zero-order valence-corrected chi connectivity index (χ0v) is 7.37. The number of nitrogens with one attached hydrogen (secondary N) is 1. The number of hydrogen-bond acceptors (Lipinski definition) is 4. The van der Waals surface area contributed by atoms with Crippen LogP contribution in [0.5, 0.6) is 0 Å². The van der Waals surface area contributed by atoms with E-state index in [0.29, 0.717) is 11.3 Å². The van der Waals surface area contributed by atoms with Crippen LogP contribution in [0.2, 0.25) is 0 Å². The Morgan fingerprint density at radius 1 is 1.62 bits per heavy atom. The normalized spacial score (nSPS) is 25.5. The largest absolute Gasteiger partial charge is 0.496 e. The van der Waals surface area contributed by atoms with E-state index in [1.54, 1.807) is 6.08 Å². The van der Waals surface area contributed by atoms with Gasteiger partial charge >= 0.3 is 0 Å². The fraction of sp³-hybridized carbons (Fsp3) is 0.375. The van der Waals surface area contributed by atoms with Crippen LogP contribution in [-0.2, 0) is 9.53 Å². The van der Waals surface area contributed by atoms with Crippen LogP contribution in [0, 0.1) is 0 Å². The summed E-state index contributed by atoms with van der Waals surface area (Å²) in [6.07, 6.45) is 1.41. The van der Waals surface area contributed by atoms with E-state index in [-0.39, 0.29) is 12.1 Å². The summed E-state index contributed by atoms with van der Waals surface area (Å²) in [5.41, 5.74) is 1.41. The first-order valence-corrected chi connectivity index (χ1v) is 3.90. The highest BCUT2D eigenvalue weighted by atomic mass is 16.5. The fourth-order valence-corrected chi connectivity index (χ4v) is 1.38. The van der Waals surface area contributed by atoms with Crippen molar-refractivity contribution >= 4 is 5.91 Å². The number of carbonyl (C=O) groups excluding carboxylic acids is 1. The van der Waals surface area contributed by atoms with Gasteiger partial charge in [0.2, 0.25) is 0 Å². The van der Waals surface area contributed by atoms with Crippen molar-refractivity contribution in [2.45, 2.75) is 13.1 Å². The highest BCUT2D eigenvalue weighted by molar-refractivity contribution is 5.97. The van der Waals surface area contributed by atoms with Gasteiger partial charge in [-0.05, 0) is 13.0 Å². The van der Waals surface area contributed by atoms with Crippen molar-refractivity contribution in [2.24, 2.45) is 10.2 Å². The summed E-state index contributed by atoms with van der Waals surface area (Å²) in [4.78, 5) is 11.2. The van der Waals surface area contributed by atoms with E-state index in [4.69, 9.17) is 4.74 Å². The summed E-state index contributed by atoms with van der Waals surface area (Å²) in [5.74, 6) is 0.231. The number of fused-ring (bicyclic) bond motifs is 1. The average molecular weight is 179 g/mol. The maximum atomic E-state index is 11.2. The topological polar surface area (TPSA) is 63.0 Å². The van der Waals surface area contributed by atoms with Crippen LogP contribution in [0.15, 0.2) is 33.3 Å². The molecule has 1 N–H and O–H groups in total. The summed E-state index contributed by atoms with van der Waals surface area (Å²) in [6.45, 7) is 1.88. The molecule has 1 atom stereocenters. The first-order valence-electron chi connectivity index (χ1n) is 3.90. The van der Waals surface area contributed by atoms with E-state index in [9.17, 15) is 4.79 Å². The fourth-order valence-electron chi connectivity index (χ4n) is 1.38. The molecule has 2 heterocycles. The van der Waals surface area contributed by atoms with Crippen molar-refractivity contribution < 1.29 is 9.53 Å². The van der Waals surface area contributed by atoms with Crippen LogP contribution in [0.25, 0.3) is 0 Å². The molecule has 1 amide bonds. The third-order valence-corrected chi connectivity index (χ3v) is 1.97. The van der Waals surface area contributed by atoms with Crippen molar-refractivity contribution in [3.63, 3.8) is 0 Å². The Morgan fingerprint density at radius 2 is 2.38 bits per heavy atom. The van der Waals surface area contributed by atoms with Gasteiger partial charge in [-0.25, -0.2) is 0 Å². The predicted octanol–water partition coefficient (Wildman–Crippen LogP) is 0.712. The molecule has 5 heteroatoms. The van der Waals surface area contributed by atoms with Gasteiger partial charge in [-0.3, -0.25) is 4.79 Å². The molecule has 2 aliphatic heterocycles. The van der Waals surface area contributed by atoms with Gasteiger partial charge in [-0.15, -0.1) is 5.11 Å². The Hall–Kier alpha value is -1.65. The molecule has 0 bridgehead atoms. The molecule has 2 aliphatic rings. The predicted molar refractivity (Wildman–Crippen MR) is 44.6 cm³/mol. The molecule has 0 saturated carbocycles. The number of dihydropyridines is 1. The molecule has 0 spiro atoms. The first-order chi connectivity index (χ1) is 6.22. The van der Waals surface area contributed by atoms with Crippen LogP contribution >= 0.6 is 0 Å².